The van der Waals surface area contributed by atoms with Crippen LogP contribution in [0.3, 0.4) is 0 Å². The molecule has 2 aromatic rings. The van der Waals surface area contributed by atoms with Crippen molar-refractivity contribution in [2.75, 3.05) is 33.0 Å². The van der Waals surface area contributed by atoms with Gasteiger partial charge in [0.05, 0.1) is 12.6 Å². The molecule has 2 aromatic carbocycles. The fourth-order valence-corrected chi connectivity index (χ4v) is 2.39. The molecule has 0 aliphatic carbocycles. The van der Waals surface area contributed by atoms with Crippen molar-refractivity contribution in [3.8, 4) is 11.1 Å². The van der Waals surface area contributed by atoms with Crippen molar-refractivity contribution < 1.29 is 9.59 Å². The Morgan fingerprint density at radius 2 is 1.56 bits per heavy atom. The van der Waals surface area contributed by atoms with E-state index in [1.807, 2.05) is 54.6 Å². The highest BCUT2D eigenvalue weighted by Crippen LogP contribution is 2.27. The molecule has 0 saturated heterocycles. The molecular weight excluding hydrogens is 314 g/mol. The Bertz CT molecular complexity index is 729. The molecular formula is C20H25N3O2. The summed E-state index contributed by atoms with van der Waals surface area (Å²) in [6, 6.07) is 17.2. The number of hydrogen-bond donors (Lipinski definition) is 1. The van der Waals surface area contributed by atoms with E-state index in [2.05, 4.69) is 5.32 Å². The van der Waals surface area contributed by atoms with Crippen LogP contribution in [0.25, 0.3) is 11.1 Å². The van der Waals surface area contributed by atoms with Gasteiger partial charge in [-0.15, -0.1) is 0 Å². The third-order valence-electron chi connectivity index (χ3n) is 4.19. The lowest BCUT2D eigenvalue weighted by atomic mass is 10.0. The zero-order valence-corrected chi connectivity index (χ0v) is 15.2. The average molecular weight is 339 g/mol. The second kappa shape index (κ2) is 8.44. The highest BCUT2D eigenvalue weighted by molar-refractivity contribution is 5.98. The zero-order chi connectivity index (χ0) is 18.4. The largest absolute Gasteiger partial charge is 0.348 e. The molecule has 0 aromatic heterocycles. The van der Waals surface area contributed by atoms with Crippen molar-refractivity contribution in [1.29, 1.82) is 0 Å². The van der Waals surface area contributed by atoms with Crippen molar-refractivity contribution in [3.63, 3.8) is 0 Å². The highest BCUT2D eigenvalue weighted by Gasteiger charge is 2.21. The lowest BCUT2D eigenvalue weighted by Crippen LogP contribution is -2.44. The topological polar surface area (TPSA) is 52.7 Å². The van der Waals surface area contributed by atoms with Crippen LogP contribution in [0, 0.1) is 0 Å². The van der Waals surface area contributed by atoms with E-state index in [9.17, 15) is 9.59 Å². The molecule has 0 unspecified atom stereocenters. The molecule has 0 fully saturated rings. The second-order valence-electron chi connectivity index (χ2n) is 6.28. The zero-order valence-electron chi connectivity index (χ0n) is 15.2. The van der Waals surface area contributed by atoms with Gasteiger partial charge >= 0.3 is 0 Å². The first kappa shape index (κ1) is 18.7. The van der Waals surface area contributed by atoms with Crippen LogP contribution in [0.15, 0.2) is 54.6 Å². The Labute approximate surface area is 149 Å². The number of benzene rings is 2. The molecule has 0 aliphatic rings. The van der Waals surface area contributed by atoms with Gasteiger partial charge in [0.15, 0.2) is 0 Å². The fourth-order valence-electron chi connectivity index (χ4n) is 2.39. The van der Waals surface area contributed by atoms with E-state index in [1.54, 1.807) is 33.0 Å². The molecule has 0 radical (unpaired) electrons. The number of carbonyl (C=O) groups excluding carboxylic acids is 2. The molecule has 25 heavy (non-hydrogen) atoms. The SMILES string of the molecule is C[C@H](C(=O)Nc1ccccc1-c1ccccc1)N(C)CC(=O)N(C)C. The summed E-state index contributed by atoms with van der Waals surface area (Å²) in [5.41, 5.74) is 2.77. The normalized spacial score (nSPS) is 11.9. The van der Waals surface area contributed by atoms with Gasteiger partial charge in [-0.1, -0.05) is 48.5 Å². The van der Waals surface area contributed by atoms with Gasteiger partial charge in [0.2, 0.25) is 11.8 Å². The molecule has 5 nitrogen and oxygen atoms in total. The molecule has 2 amide bonds. The average Bonchev–Trinajstić information content (AvgIpc) is 2.62. The summed E-state index contributed by atoms with van der Waals surface area (Å²) < 4.78 is 0. The summed E-state index contributed by atoms with van der Waals surface area (Å²) in [6.45, 7) is 1.99. The first-order valence-corrected chi connectivity index (χ1v) is 8.26. The van der Waals surface area contributed by atoms with Crippen molar-refractivity contribution >= 4 is 17.5 Å². The van der Waals surface area contributed by atoms with Gasteiger partial charge in [0.1, 0.15) is 0 Å². The van der Waals surface area contributed by atoms with Crippen LogP contribution in [0.2, 0.25) is 0 Å². The highest BCUT2D eigenvalue weighted by atomic mass is 16.2. The summed E-state index contributed by atoms with van der Waals surface area (Å²) in [5, 5.41) is 2.99. The number of carbonyl (C=O) groups is 2. The third-order valence-corrected chi connectivity index (χ3v) is 4.19. The number of nitrogens with one attached hydrogen (secondary N) is 1. The fraction of sp³-hybridized carbons (Fsp3) is 0.300. The number of rotatable bonds is 6. The summed E-state index contributed by atoms with van der Waals surface area (Å²) in [7, 11) is 5.18. The maximum atomic E-state index is 12.6. The van der Waals surface area contributed by atoms with Gasteiger partial charge in [0, 0.05) is 25.3 Å². The van der Waals surface area contributed by atoms with Gasteiger partial charge in [-0.2, -0.15) is 0 Å². The number of anilines is 1. The molecule has 5 heteroatoms. The summed E-state index contributed by atoms with van der Waals surface area (Å²) >= 11 is 0. The molecule has 0 saturated carbocycles. The van der Waals surface area contributed by atoms with Gasteiger partial charge in [-0.05, 0) is 25.6 Å². The number of nitrogens with zero attached hydrogens (tertiary/aromatic N) is 2. The van der Waals surface area contributed by atoms with Crippen molar-refractivity contribution in [2.24, 2.45) is 0 Å². The smallest absolute Gasteiger partial charge is 0.241 e. The Balaban J connectivity index is 2.12. The lowest BCUT2D eigenvalue weighted by Gasteiger charge is -2.25. The number of likely N-dealkylation sites (N-methyl/N-ethyl adjacent to an activating group) is 2. The monoisotopic (exact) mass is 339 g/mol. The van der Waals surface area contributed by atoms with Crippen molar-refractivity contribution in [1.82, 2.24) is 9.80 Å². The predicted octanol–water partition coefficient (Wildman–Crippen LogP) is 2.70. The van der Waals surface area contributed by atoms with Gasteiger partial charge < -0.3 is 10.2 Å². The summed E-state index contributed by atoms with van der Waals surface area (Å²) in [6.07, 6.45) is 0. The van der Waals surface area contributed by atoms with E-state index in [0.717, 1.165) is 16.8 Å². The lowest BCUT2D eigenvalue weighted by molar-refractivity contribution is -0.131. The summed E-state index contributed by atoms with van der Waals surface area (Å²) in [5.74, 6) is -0.177. The maximum Gasteiger partial charge on any atom is 0.241 e. The van der Waals surface area contributed by atoms with E-state index >= 15 is 0 Å². The van der Waals surface area contributed by atoms with Crippen molar-refractivity contribution in [3.05, 3.63) is 54.6 Å². The van der Waals surface area contributed by atoms with E-state index in [1.165, 1.54) is 4.90 Å². The van der Waals surface area contributed by atoms with E-state index in [4.69, 9.17) is 0 Å². The van der Waals surface area contributed by atoms with E-state index < -0.39 is 6.04 Å². The molecule has 0 aliphatic heterocycles. The Morgan fingerprint density at radius 3 is 2.20 bits per heavy atom. The van der Waals surface area contributed by atoms with Crippen LogP contribution in [-0.4, -0.2) is 55.3 Å². The number of para-hydroxylation sites is 1. The Kier molecular flexibility index (Phi) is 6.31. The number of amides is 2. The summed E-state index contributed by atoms with van der Waals surface area (Å²) in [4.78, 5) is 27.7. The molecule has 2 rings (SSSR count). The maximum absolute atomic E-state index is 12.6. The van der Waals surface area contributed by atoms with Crippen LogP contribution in [0.5, 0.6) is 0 Å². The van der Waals surface area contributed by atoms with Gasteiger partial charge in [0.25, 0.3) is 0 Å². The number of hydrogen-bond acceptors (Lipinski definition) is 3. The minimum absolute atomic E-state index is 0.0353. The van der Waals surface area contributed by atoms with E-state index in [0.29, 0.717) is 0 Å². The molecule has 0 spiro atoms. The van der Waals surface area contributed by atoms with Gasteiger partial charge in [-0.25, -0.2) is 0 Å². The molecule has 0 heterocycles. The molecule has 1 N–H and O–H groups in total. The minimum Gasteiger partial charge on any atom is -0.348 e. The van der Waals surface area contributed by atoms with Crippen LogP contribution < -0.4 is 5.32 Å². The first-order valence-electron chi connectivity index (χ1n) is 8.26. The van der Waals surface area contributed by atoms with Crippen LogP contribution >= 0.6 is 0 Å². The van der Waals surface area contributed by atoms with Crippen LogP contribution in [-0.2, 0) is 9.59 Å². The standard InChI is InChI=1S/C20H25N3O2/c1-15(23(4)14-19(24)22(2)3)20(25)21-18-13-9-8-12-17(18)16-10-6-5-7-11-16/h5-13,15H,14H2,1-4H3,(H,21,25)/t15-/m1/s1. The second-order valence-corrected chi connectivity index (χ2v) is 6.28. The van der Waals surface area contributed by atoms with E-state index in [-0.39, 0.29) is 18.4 Å². The predicted molar refractivity (Wildman–Crippen MR) is 101 cm³/mol. The van der Waals surface area contributed by atoms with Crippen LogP contribution in [0.4, 0.5) is 5.69 Å². The van der Waals surface area contributed by atoms with Crippen LogP contribution in [0.1, 0.15) is 6.92 Å². The quantitative estimate of drug-likeness (QED) is 0.880. The Hall–Kier alpha value is -2.66. The first-order chi connectivity index (χ1) is 11.9. The third kappa shape index (κ3) is 4.90. The van der Waals surface area contributed by atoms with Crippen molar-refractivity contribution in [2.45, 2.75) is 13.0 Å². The molecule has 1 atom stereocenters. The van der Waals surface area contributed by atoms with Gasteiger partial charge in [-0.3, -0.25) is 14.5 Å². The molecule has 132 valence electrons. The Morgan fingerprint density at radius 1 is 0.960 bits per heavy atom. The minimum atomic E-state index is -0.423. The molecule has 0 bridgehead atoms.